The minimum absolute atomic E-state index is 0.904. The van der Waals surface area contributed by atoms with E-state index in [0.29, 0.717) is 0 Å². The van der Waals surface area contributed by atoms with Crippen molar-refractivity contribution < 1.29 is 0 Å². The molecule has 0 aliphatic carbocycles. The van der Waals surface area contributed by atoms with Gasteiger partial charge in [-0.1, -0.05) is 68.3 Å². The van der Waals surface area contributed by atoms with E-state index in [1.807, 2.05) is 6.20 Å². The van der Waals surface area contributed by atoms with Crippen molar-refractivity contribution >= 4 is 10.9 Å². The average Bonchev–Trinajstić information content (AvgIpc) is 2.72. The number of hydrogen-bond donors (Lipinski definition) is 1. The van der Waals surface area contributed by atoms with Crippen molar-refractivity contribution in [2.75, 3.05) is 6.54 Å². The van der Waals surface area contributed by atoms with Gasteiger partial charge in [-0.2, -0.15) is 0 Å². The summed E-state index contributed by atoms with van der Waals surface area (Å²) in [4.78, 5) is 4.67. The lowest BCUT2D eigenvalue weighted by molar-refractivity contribution is 0.641. The predicted molar refractivity (Wildman–Crippen MR) is 116 cm³/mol. The minimum Gasteiger partial charge on any atom is -0.313 e. The number of fused-ring (bicyclic) bond motifs is 1. The number of aromatic nitrogens is 1. The quantitative estimate of drug-likeness (QED) is 0.419. The van der Waals surface area contributed by atoms with E-state index < -0.39 is 0 Å². The predicted octanol–water partition coefficient (Wildman–Crippen LogP) is 6.08. The van der Waals surface area contributed by atoms with Gasteiger partial charge in [-0.15, -0.1) is 0 Å². The fourth-order valence-corrected chi connectivity index (χ4v) is 3.69. The first kappa shape index (κ1) is 19.6. The molecule has 0 radical (unpaired) electrons. The van der Waals surface area contributed by atoms with E-state index in [1.54, 1.807) is 0 Å². The van der Waals surface area contributed by atoms with Crippen molar-refractivity contribution in [2.45, 2.75) is 58.4 Å². The van der Waals surface area contributed by atoms with Gasteiger partial charge < -0.3 is 5.32 Å². The Hall–Kier alpha value is -2.19. The third kappa shape index (κ3) is 5.90. The Bertz CT molecular complexity index is 811. The number of unbranched alkanes of at least 4 members (excludes halogenated alkanes) is 3. The first-order valence-corrected chi connectivity index (χ1v) is 10.5. The van der Waals surface area contributed by atoms with E-state index >= 15 is 0 Å². The molecule has 0 amide bonds. The van der Waals surface area contributed by atoms with E-state index in [0.717, 1.165) is 25.9 Å². The Morgan fingerprint density at radius 1 is 0.778 bits per heavy atom. The van der Waals surface area contributed by atoms with E-state index in [9.17, 15) is 0 Å². The molecular formula is C25H32N2. The third-order valence-electron chi connectivity index (χ3n) is 5.19. The molecule has 0 saturated heterocycles. The van der Waals surface area contributed by atoms with Crippen LogP contribution in [-0.2, 0) is 19.4 Å². The second-order valence-corrected chi connectivity index (χ2v) is 7.36. The van der Waals surface area contributed by atoms with E-state index in [1.165, 1.54) is 59.7 Å². The standard InChI is InChI=1S/C25H32N2/c1-2-18-26-20-23-17-16-22(24-15-10-19-27-25(23)24)14-9-4-3-6-11-21-12-7-5-8-13-21/h5,7-8,10,12-13,15-17,19,26H,2-4,6,9,11,14,18,20H2,1H3. The molecule has 0 saturated carbocycles. The Kier molecular flexibility index (Phi) is 7.85. The lowest BCUT2D eigenvalue weighted by atomic mass is 9.98. The van der Waals surface area contributed by atoms with Crippen LogP contribution in [0.3, 0.4) is 0 Å². The zero-order chi connectivity index (χ0) is 18.7. The highest BCUT2D eigenvalue weighted by Crippen LogP contribution is 2.23. The third-order valence-corrected chi connectivity index (χ3v) is 5.19. The number of benzene rings is 2. The molecule has 2 aromatic carbocycles. The van der Waals surface area contributed by atoms with Gasteiger partial charge in [-0.3, -0.25) is 4.98 Å². The molecule has 1 N–H and O–H groups in total. The summed E-state index contributed by atoms with van der Waals surface area (Å²) in [5, 5.41) is 4.83. The molecule has 3 aromatic rings. The molecule has 0 atom stereocenters. The molecule has 0 spiro atoms. The first-order valence-electron chi connectivity index (χ1n) is 10.5. The van der Waals surface area contributed by atoms with Crippen molar-refractivity contribution in [2.24, 2.45) is 0 Å². The molecule has 0 bridgehead atoms. The molecule has 0 aliphatic heterocycles. The maximum Gasteiger partial charge on any atom is 0.0749 e. The summed E-state index contributed by atoms with van der Waals surface area (Å²) in [7, 11) is 0. The SMILES string of the molecule is CCCNCc1ccc(CCCCCCc2ccccc2)c2cccnc12. The maximum atomic E-state index is 4.67. The van der Waals surface area contributed by atoms with Crippen molar-refractivity contribution in [3.63, 3.8) is 0 Å². The molecule has 1 heterocycles. The van der Waals surface area contributed by atoms with Crippen LogP contribution in [0.2, 0.25) is 0 Å². The average molecular weight is 361 g/mol. The van der Waals surface area contributed by atoms with Crippen LogP contribution in [-0.4, -0.2) is 11.5 Å². The molecule has 142 valence electrons. The van der Waals surface area contributed by atoms with Gasteiger partial charge in [0, 0.05) is 18.1 Å². The van der Waals surface area contributed by atoms with Gasteiger partial charge in [-0.25, -0.2) is 0 Å². The number of nitrogens with zero attached hydrogens (tertiary/aromatic N) is 1. The van der Waals surface area contributed by atoms with Gasteiger partial charge in [0.05, 0.1) is 5.52 Å². The topological polar surface area (TPSA) is 24.9 Å². The number of rotatable bonds is 11. The summed E-state index contributed by atoms with van der Waals surface area (Å²) in [5.74, 6) is 0. The number of aryl methyl sites for hydroxylation is 2. The van der Waals surface area contributed by atoms with Crippen LogP contribution in [0.25, 0.3) is 10.9 Å². The van der Waals surface area contributed by atoms with E-state index in [4.69, 9.17) is 0 Å². The Morgan fingerprint density at radius 2 is 1.56 bits per heavy atom. The summed E-state index contributed by atoms with van der Waals surface area (Å²) in [6, 6.07) is 19.7. The van der Waals surface area contributed by atoms with Gasteiger partial charge >= 0.3 is 0 Å². The Labute approximate surface area is 164 Å². The Balaban J connectivity index is 1.50. The van der Waals surface area contributed by atoms with Crippen LogP contribution >= 0.6 is 0 Å². The molecule has 0 unspecified atom stereocenters. The second-order valence-electron chi connectivity index (χ2n) is 7.36. The molecular weight excluding hydrogens is 328 g/mol. The fourth-order valence-electron chi connectivity index (χ4n) is 3.69. The van der Waals surface area contributed by atoms with Crippen molar-refractivity contribution in [1.29, 1.82) is 0 Å². The number of pyridine rings is 1. The molecule has 2 nitrogen and oxygen atoms in total. The van der Waals surface area contributed by atoms with Crippen molar-refractivity contribution in [1.82, 2.24) is 10.3 Å². The zero-order valence-corrected chi connectivity index (χ0v) is 16.6. The second kappa shape index (κ2) is 10.8. The summed E-state index contributed by atoms with van der Waals surface area (Å²) in [5.41, 5.74) is 5.38. The van der Waals surface area contributed by atoms with Crippen LogP contribution in [0.1, 0.15) is 55.7 Å². The van der Waals surface area contributed by atoms with Gasteiger partial charge in [0.2, 0.25) is 0 Å². The van der Waals surface area contributed by atoms with Crippen LogP contribution in [0.5, 0.6) is 0 Å². The normalized spacial score (nSPS) is 11.1. The monoisotopic (exact) mass is 360 g/mol. The molecule has 1 aromatic heterocycles. The van der Waals surface area contributed by atoms with Gasteiger partial charge in [-0.05, 0) is 61.4 Å². The summed E-state index contributed by atoms with van der Waals surface area (Å²) >= 11 is 0. The van der Waals surface area contributed by atoms with Crippen LogP contribution in [0.4, 0.5) is 0 Å². The number of nitrogens with one attached hydrogen (secondary N) is 1. The largest absolute Gasteiger partial charge is 0.313 e. The van der Waals surface area contributed by atoms with Crippen LogP contribution < -0.4 is 5.32 Å². The highest BCUT2D eigenvalue weighted by atomic mass is 14.8. The molecule has 27 heavy (non-hydrogen) atoms. The first-order chi connectivity index (χ1) is 13.4. The van der Waals surface area contributed by atoms with Crippen molar-refractivity contribution in [3.8, 4) is 0 Å². The number of hydrogen-bond acceptors (Lipinski definition) is 2. The van der Waals surface area contributed by atoms with Gasteiger partial charge in [0.15, 0.2) is 0 Å². The van der Waals surface area contributed by atoms with E-state index in [-0.39, 0.29) is 0 Å². The minimum atomic E-state index is 0.904. The summed E-state index contributed by atoms with van der Waals surface area (Å²) in [6.07, 6.45) is 10.6. The molecule has 0 aliphatic rings. The molecule has 3 rings (SSSR count). The highest BCUT2D eigenvalue weighted by Gasteiger charge is 2.07. The maximum absolute atomic E-state index is 4.67. The molecule has 0 fully saturated rings. The fraction of sp³-hybridized carbons (Fsp3) is 0.400. The zero-order valence-electron chi connectivity index (χ0n) is 16.6. The van der Waals surface area contributed by atoms with Gasteiger partial charge in [0.1, 0.15) is 0 Å². The summed E-state index contributed by atoms with van der Waals surface area (Å²) in [6.45, 7) is 4.16. The summed E-state index contributed by atoms with van der Waals surface area (Å²) < 4.78 is 0. The highest BCUT2D eigenvalue weighted by molar-refractivity contribution is 5.85. The van der Waals surface area contributed by atoms with Gasteiger partial charge in [0.25, 0.3) is 0 Å². The Morgan fingerprint density at radius 3 is 2.37 bits per heavy atom. The van der Waals surface area contributed by atoms with Crippen LogP contribution in [0.15, 0.2) is 60.8 Å². The van der Waals surface area contributed by atoms with Crippen molar-refractivity contribution in [3.05, 3.63) is 77.5 Å². The smallest absolute Gasteiger partial charge is 0.0749 e. The lowest BCUT2D eigenvalue weighted by Crippen LogP contribution is -2.14. The van der Waals surface area contributed by atoms with E-state index in [2.05, 4.69) is 71.8 Å². The molecule has 2 heteroatoms. The lowest BCUT2D eigenvalue weighted by Gasteiger charge is -2.11. The van der Waals surface area contributed by atoms with Crippen LogP contribution in [0, 0.1) is 0 Å².